The Labute approximate surface area is 115 Å². The van der Waals surface area contributed by atoms with E-state index in [2.05, 4.69) is 20.4 Å². The van der Waals surface area contributed by atoms with Gasteiger partial charge >= 0.3 is 0 Å². The van der Waals surface area contributed by atoms with Crippen LogP contribution in [0.5, 0.6) is 0 Å². The molecule has 7 heteroatoms. The molecule has 0 saturated heterocycles. The van der Waals surface area contributed by atoms with Crippen LogP contribution in [0.25, 0.3) is 0 Å². The summed E-state index contributed by atoms with van der Waals surface area (Å²) in [5.74, 6) is -0.0129. The molecule has 2 aromatic heterocycles. The molecule has 2 aromatic rings. The first-order chi connectivity index (χ1) is 9.04. The van der Waals surface area contributed by atoms with Crippen LogP contribution in [-0.2, 0) is 17.8 Å². The van der Waals surface area contributed by atoms with Gasteiger partial charge in [-0.2, -0.15) is 5.10 Å². The third kappa shape index (κ3) is 3.85. The Kier molecular flexibility index (Phi) is 4.26. The van der Waals surface area contributed by atoms with Crippen molar-refractivity contribution in [3.8, 4) is 0 Å². The van der Waals surface area contributed by atoms with Crippen molar-refractivity contribution in [1.82, 2.24) is 25.1 Å². The first kappa shape index (κ1) is 13.7. The summed E-state index contributed by atoms with van der Waals surface area (Å²) in [7, 11) is 0. The predicted octanol–water partition coefficient (Wildman–Crippen LogP) is 1.10. The van der Waals surface area contributed by atoms with Crippen molar-refractivity contribution < 1.29 is 4.79 Å². The van der Waals surface area contributed by atoms with Crippen molar-refractivity contribution in [3.05, 3.63) is 28.2 Å². The highest BCUT2D eigenvalue weighted by Gasteiger charge is 2.13. The minimum atomic E-state index is -0.0129. The third-order valence-electron chi connectivity index (χ3n) is 2.66. The molecule has 102 valence electrons. The standard InChI is InChI=1S/C12H17N5OS/c1-8(5-17-7-13-6-14-17)15-12(18)4-11-9(2)19-10(3)16-11/h6-8H,4-5H2,1-3H3,(H,15,18)/t8-/m0/s1. The second-order valence-corrected chi connectivity index (χ2v) is 5.91. The van der Waals surface area contributed by atoms with Crippen LogP contribution < -0.4 is 5.32 Å². The lowest BCUT2D eigenvalue weighted by molar-refractivity contribution is -0.121. The highest BCUT2D eigenvalue weighted by molar-refractivity contribution is 7.11. The van der Waals surface area contributed by atoms with Crippen molar-refractivity contribution in [3.63, 3.8) is 0 Å². The average Bonchev–Trinajstić information content (AvgIpc) is 2.89. The largest absolute Gasteiger partial charge is 0.351 e. The molecule has 0 aliphatic heterocycles. The van der Waals surface area contributed by atoms with Gasteiger partial charge in [-0.3, -0.25) is 9.48 Å². The summed E-state index contributed by atoms with van der Waals surface area (Å²) in [6.07, 6.45) is 3.45. The molecule has 0 fully saturated rings. The molecular weight excluding hydrogens is 262 g/mol. The second-order valence-electron chi connectivity index (χ2n) is 4.50. The highest BCUT2D eigenvalue weighted by atomic mass is 32.1. The Morgan fingerprint density at radius 1 is 1.53 bits per heavy atom. The molecule has 19 heavy (non-hydrogen) atoms. The number of aryl methyl sites for hydroxylation is 2. The lowest BCUT2D eigenvalue weighted by Gasteiger charge is -2.13. The Balaban J connectivity index is 1.85. The van der Waals surface area contributed by atoms with E-state index in [-0.39, 0.29) is 11.9 Å². The number of nitrogens with one attached hydrogen (secondary N) is 1. The van der Waals surface area contributed by atoms with Gasteiger partial charge in [0.1, 0.15) is 12.7 Å². The van der Waals surface area contributed by atoms with Gasteiger partial charge in [0.2, 0.25) is 5.91 Å². The Bertz CT molecular complexity index is 548. The number of aromatic nitrogens is 4. The first-order valence-electron chi connectivity index (χ1n) is 6.09. The van der Waals surface area contributed by atoms with E-state index < -0.39 is 0 Å². The number of carbonyl (C=O) groups excluding carboxylic acids is 1. The number of thiazole rings is 1. The van der Waals surface area contributed by atoms with E-state index >= 15 is 0 Å². The number of amides is 1. The van der Waals surface area contributed by atoms with Crippen LogP contribution in [0.1, 0.15) is 22.5 Å². The van der Waals surface area contributed by atoms with E-state index in [9.17, 15) is 4.79 Å². The van der Waals surface area contributed by atoms with Crippen LogP contribution in [0.3, 0.4) is 0 Å². The number of rotatable bonds is 5. The maximum Gasteiger partial charge on any atom is 0.226 e. The zero-order valence-electron chi connectivity index (χ0n) is 11.3. The average molecular weight is 279 g/mol. The fourth-order valence-electron chi connectivity index (χ4n) is 1.87. The molecule has 2 heterocycles. The third-order valence-corrected chi connectivity index (χ3v) is 3.59. The maximum atomic E-state index is 11.9. The molecule has 6 nitrogen and oxygen atoms in total. The van der Waals surface area contributed by atoms with Crippen LogP contribution in [0.4, 0.5) is 0 Å². The normalized spacial score (nSPS) is 12.4. The summed E-state index contributed by atoms with van der Waals surface area (Å²) in [5.41, 5.74) is 0.868. The number of hydrogen-bond acceptors (Lipinski definition) is 5. The van der Waals surface area contributed by atoms with Gasteiger partial charge < -0.3 is 5.32 Å². The van der Waals surface area contributed by atoms with Gasteiger partial charge in [0.15, 0.2) is 0 Å². The maximum absolute atomic E-state index is 11.9. The minimum Gasteiger partial charge on any atom is -0.351 e. The Hall–Kier alpha value is -1.76. The molecule has 0 saturated carbocycles. The molecule has 0 aliphatic carbocycles. The fraction of sp³-hybridized carbons (Fsp3) is 0.500. The monoisotopic (exact) mass is 279 g/mol. The number of hydrogen-bond donors (Lipinski definition) is 1. The fourth-order valence-corrected chi connectivity index (χ4v) is 2.70. The second kappa shape index (κ2) is 5.92. The summed E-state index contributed by atoms with van der Waals surface area (Å²) in [6.45, 7) is 6.50. The van der Waals surface area contributed by atoms with E-state index in [1.807, 2.05) is 20.8 Å². The van der Waals surface area contributed by atoms with Crippen molar-refractivity contribution in [1.29, 1.82) is 0 Å². The van der Waals surface area contributed by atoms with Gasteiger partial charge in [-0.25, -0.2) is 9.97 Å². The smallest absolute Gasteiger partial charge is 0.226 e. The van der Waals surface area contributed by atoms with E-state index in [0.717, 1.165) is 15.6 Å². The lowest BCUT2D eigenvalue weighted by Crippen LogP contribution is -2.36. The summed E-state index contributed by atoms with van der Waals surface area (Å²) in [4.78, 5) is 21.3. The molecule has 1 N–H and O–H groups in total. The van der Waals surface area contributed by atoms with E-state index in [1.54, 1.807) is 22.3 Å². The van der Waals surface area contributed by atoms with Crippen LogP contribution in [0.15, 0.2) is 12.7 Å². The zero-order chi connectivity index (χ0) is 13.8. The van der Waals surface area contributed by atoms with Crippen molar-refractivity contribution in [2.75, 3.05) is 0 Å². The molecule has 0 spiro atoms. The van der Waals surface area contributed by atoms with Gasteiger partial charge in [-0.05, 0) is 20.8 Å². The summed E-state index contributed by atoms with van der Waals surface area (Å²) >= 11 is 1.62. The molecule has 2 rings (SSSR count). The molecule has 1 amide bonds. The number of carbonyl (C=O) groups is 1. The Morgan fingerprint density at radius 2 is 2.32 bits per heavy atom. The SMILES string of the molecule is Cc1nc(CC(=O)N[C@@H](C)Cn2cncn2)c(C)s1. The molecule has 0 aliphatic rings. The van der Waals surface area contributed by atoms with Gasteiger partial charge in [0.25, 0.3) is 0 Å². The topological polar surface area (TPSA) is 72.7 Å². The van der Waals surface area contributed by atoms with Gasteiger partial charge in [0.05, 0.1) is 23.7 Å². The zero-order valence-corrected chi connectivity index (χ0v) is 12.1. The van der Waals surface area contributed by atoms with Crippen LogP contribution in [0.2, 0.25) is 0 Å². The van der Waals surface area contributed by atoms with Crippen molar-refractivity contribution >= 4 is 17.2 Å². The predicted molar refractivity (Wildman–Crippen MR) is 72.9 cm³/mol. The molecule has 0 aromatic carbocycles. The molecular formula is C12H17N5OS. The minimum absolute atomic E-state index is 0.00855. The molecule has 1 atom stereocenters. The van der Waals surface area contributed by atoms with E-state index in [1.165, 1.54) is 6.33 Å². The van der Waals surface area contributed by atoms with E-state index in [0.29, 0.717) is 13.0 Å². The van der Waals surface area contributed by atoms with Crippen molar-refractivity contribution in [2.45, 2.75) is 39.8 Å². The van der Waals surface area contributed by atoms with E-state index in [4.69, 9.17) is 0 Å². The van der Waals surface area contributed by atoms with Crippen LogP contribution in [0, 0.1) is 13.8 Å². The lowest BCUT2D eigenvalue weighted by atomic mass is 10.2. The van der Waals surface area contributed by atoms with Gasteiger partial charge in [0, 0.05) is 10.9 Å². The van der Waals surface area contributed by atoms with Crippen molar-refractivity contribution in [2.24, 2.45) is 0 Å². The molecule has 0 bridgehead atoms. The summed E-state index contributed by atoms with van der Waals surface area (Å²) < 4.78 is 1.70. The van der Waals surface area contributed by atoms with Gasteiger partial charge in [-0.1, -0.05) is 0 Å². The molecule has 0 unspecified atom stereocenters. The quantitative estimate of drug-likeness (QED) is 0.889. The first-order valence-corrected chi connectivity index (χ1v) is 6.91. The van der Waals surface area contributed by atoms with Gasteiger partial charge in [-0.15, -0.1) is 11.3 Å². The highest BCUT2D eigenvalue weighted by Crippen LogP contribution is 2.16. The summed E-state index contributed by atoms with van der Waals surface area (Å²) in [5, 5.41) is 7.94. The van der Waals surface area contributed by atoms with Crippen LogP contribution in [-0.4, -0.2) is 31.7 Å². The Morgan fingerprint density at radius 3 is 2.89 bits per heavy atom. The number of nitrogens with zero attached hydrogens (tertiary/aromatic N) is 4. The van der Waals surface area contributed by atoms with Crippen LogP contribution >= 0.6 is 11.3 Å². The molecule has 0 radical (unpaired) electrons. The summed E-state index contributed by atoms with van der Waals surface area (Å²) in [6, 6.07) is 0.00855.